The van der Waals surface area contributed by atoms with Gasteiger partial charge in [-0.2, -0.15) is 10.2 Å². The first-order valence-corrected chi connectivity index (χ1v) is 7.11. The van der Waals surface area contributed by atoms with E-state index >= 15 is 0 Å². The molecule has 1 aromatic rings. The summed E-state index contributed by atoms with van der Waals surface area (Å²) in [6, 6.07) is 3.56. The van der Waals surface area contributed by atoms with Gasteiger partial charge in [-0.3, -0.25) is 5.01 Å². The lowest BCUT2D eigenvalue weighted by Crippen LogP contribution is -2.48. The topological polar surface area (TPSA) is 82.4 Å². The van der Waals surface area contributed by atoms with Crippen LogP contribution in [0.3, 0.4) is 0 Å². The van der Waals surface area contributed by atoms with Crippen molar-refractivity contribution in [1.82, 2.24) is 15.0 Å². The molecule has 1 aromatic heterocycles. The molecule has 0 aromatic carbocycles. The number of ether oxygens (including phenoxy) is 1. The smallest absolute Gasteiger partial charge is 0.429 e. The third-order valence-corrected chi connectivity index (χ3v) is 2.56. The van der Waals surface area contributed by atoms with Crippen LogP contribution >= 0.6 is 0 Å². The van der Waals surface area contributed by atoms with Gasteiger partial charge in [-0.05, 0) is 26.7 Å². The second kappa shape index (κ2) is 7.07. The second-order valence-electron chi connectivity index (χ2n) is 6.33. The number of carbonyl (C=O) groups excluding carboxylic acids is 1. The molecule has 0 aliphatic rings. The average Bonchev–Trinajstić information content (AvgIpc) is 2.42. The van der Waals surface area contributed by atoms with E-state index in [9.17, 15) is 4.79 Å². The summed E-state index contributed by atoms with van der Waals surface area (Å²) in [5, 5.41) is 12.0. The average molecular weight is 305 g/mol. The Hall–Kier alpha value is -2.36. The molecule has 0 bridgehead atoms. The van der Waals surface area contributed by atoms with Gasteiger partial charge in [-0.15, -0.1) is 0 Å². The van der Waals surface area contributed by atoms with Crippen molar-refractivity contribution in [2.24, 2.45) is 5.92 Å². The van der Waals surface area contributed by atoms with Crippen molar-refractivity contribution < 1.29 is 9.53 Å². The highest BCUT2D eigenvalue weighted by Gasteiger charge is 2.25. The van der Waals surface area contributed by atoms with Gasteiger partial charge < -0.3 is 4.74 Å². The van der Waals surface area contributed by atoms with Crippen LogP contribution in [-0.2, 0) is 4.74 Å². The molecule has 1 amide bonds. The Morgan fingerprint density at radius 1 is 1.45 bits per heavy atom. The molecule has 0 spiro atoms. The van der Waals surface area contributed by atoms with E-state index in [0.29, 0.717) is 12.4 Å². The summed E-state index contributed by atoms with van der Waals surface area (Å²) in [6.07, 6.45) is 1.02. The normalized spacial score (nSPS) is 11.0. The summed E-state index contributed by atoms with van der Waals surface area (Å²) in [6.45, 7) is 10.0. The maximum atomic E-state index is 12.3. The number of nitrogens with zero attached hydrogens (tertiary/aromatic N) is 5. The third-order valence-electron chi connectivity index (χ3n) is 2.56. The maximum Gasteiger partial charge on any atom is 0.429 e. The standard InChI is InChI=1S/C15H23N5O2/c1-11(2)10-20(13-7-8-17-12(9-16)18-13)19(6)14(21)22-15(3,4)5/h7-8,11H,10H2,1-6H3. The first-order valence-electron chi connectivity index (χ1n) is 7.11. The molecule has 0 saturated heterocycles. The zero-order valence-electron chi connectivity index (χ0n) is 14.0. The van der Waals surface area contributed by atoms with Crippen LogP contribution in [0.25, 0.3) is 0 Å². The van der Waals surface area contributed by atoms with E-state index in [-0.39, 0.29) is 11.7 Å². The summed E-state index contributed by atoms with van der Waals surface area (Å²) >= 11 is 0. The summed E-state index contributed by atoms with van der Waals surface area (Å²) in [5.41, 5.74) is -0.585. The van der Waals surface area contributed by atoms with Crippen LogP contribution in [-0.4, -0.2) is 40.3 Å². The van der Waals surface area contributed by atoms with Crippen molar-refractivity contribution in [3.63, 3.8) is 0 Å². The molecule has 0 saturated carbocycles. The third kappa shape index (κ3) is 5.20. The highest BCUT2D eigenvalue weighted by Crippen LogP contribution is 2.17. The van der Waals surface area contributed by atoms with Crippen LogP contribution in [0.4, 0.5) is 10.6 Å². The second-order valence-corrected chi connectivity index (χ2v) is 6.33. The Morgan fingerprint density at radius 2 is 2.09 bits per heavy atom. The summed E-state index contributed by atoms with van der Waals surface area (Å²) in [7, 11) is 1.62. The Morgan fingerprint density at radius 3 is 2.59 bits per heavy atom. The molecule has 1 rings (SSSR count). The van der Waals surface area contributed by atoms with E-state index in [1.807, 2.05) is 40.7 Å². The fourth-order valence-electron chi connectivity index (χ4n) is 1.69. The predicted molar refractivity (Wildman–Crippen MR) is 82.9 cm³/mol. The minimum atomic E-state index is -0.585. The Balaban J connectivity index is 3.06. The van der Waals surface area contributed by atoms with E-state index < -0.39 is 11.7 Å². The number of hydrogen-bond donors (Lipinski definition) is 0. The predicted octanol–water partition coefficient (Wildman–Crippen LogP) is 2.59. The first kappa shape index (κ1) is 17.7. The van der Waals surface area contributed by atoms with Gasteiger partial charge in [0, 0.05) is 25.9 Å². The molecule has 120 valence electrons. The molecule has 0 fully saturated rings. The van der Waals surface area contributed by atoms with Gasteiger partial charge in [0.1, 0.15) is 11.7 Å². The molecule has 7 nitrogen and oxygen atoms in total. The van der Waals surface area contributed by atoms with E-state index in [1.54, 1.807) is 18.1 Å². The number of hydrazine groups is 1. The van der Waals surface area contributed by atoms with Crippen LogP contribution < -0.4 is 5.01 Å². The number of amides is 1. The van der Waals surface area contributed by atoms with Gasteiger partial charge in [-0.1, -0.05) is 13.8 Å². The number of nitriles is 1. The Bertz CT molecular complexity index is 560. The van der Waals surface area contributed by atoms with Gasteiger partial charge in [0.2, 0.25) is 5.82 Å². The van der Waals surface area contributed by atoms with Crippen LogP contribution in [0.15, 0.2) is 12.3 Å². The van der Waals surface area contributed by atoms with Crippen LogP contribution in [0.2, 0.25) is 0 Å². The number of hydrogen-bond acceptors (Lipinski definition) is 6. The molecule has 0 aliphatic heterocycles. The number of rotatable bonds is 4. The Kier molecular flexibility index (Phi) is 5.69. The molecule has 0 aliphatic carbocycles. The monoisotopic (exact) mass is 305 g/mol. The maximum absolute atomic E-state index is 12.3. The SMILES string of the molecule is CC(C)CN(c1ccnc(C#N)n1)N(C)C(=O)OC(C)(C)C. The van der Waals surface area contributed by atoms with Crippen molar-refractivity contribution in [2.75, 3.05) is 18.6 Å². The Labute approximate surface area is 131 Å². The van der Waals surface area contributed by atoms with Gasteiger partial charge in [0.25, 0.3) is 0 Å². The number of aromatic nitrogens is 2. The summed E-state index contributed by atoms with van der Waals surface area (Å²) in [5.74, 6) is 0.822. The van der Waals surface area contributed by atoms with Crippen molar-refractivity contribution >= 4 is 11.9 Å². The number of carbonyl (C=O) groups is 1. The van der Waals surface area contributed by atoms with E-state index in [4.69, 9.17) is 10.00 Å². The molecule has 0 unspecified atom stereocenters. The van der Waals surface area contributed by atoms with E-state index in [0.717, 1.165) is 0 Å². The van der Waals surface area contributed by atoms with Crippen molar-refractivity contribution in [3.05, 3.63) is 18.1 Å². The molecule has 0 atom stereocenters. The molecular weight excluding hydrogens is 282 g/mol. The minimum Gasteiger partial charge on any atom is -0.442 e. The molecule has 0 radical (unpaired) electrons. The molecular formula is C15H23N5O2. The molecule has 22 heavy (non-hydrogen) atoms. The van der Waals surface area contributed by atoms with Crippen LogP contribution in [0.1, 0.15) is 40.4 Å². The largest absolute Gasteiger partial charge is 0.442 e. The zero-order chi connectivity index (χ0) is 16.9. The summed E-state index contributed by atoms with van der Waals surface area (Å²) in [4.78, 5) is 20.3. The van der Waals surface area contributed by atoms with Gasteiger partial charge in [-0.25, -0.2) is 14.8 Å². The molecule has 0 N–H and O–H groups in total. The van der Waals surface area contributed by atoms with Crippen molar-refractivity contribution in [2.45, 2.75) is 40.2 Å². The van der Waals surface area contributed by atoms with Gasteiger partial charge in [0.15, 0.2) is 5.82 Å². The quantitative estimate of drug-likeness (QED) is 0.795. The van der Waals surface area contributed by atoms with E-state index in [2.05, 4.69) is 9.97 Å². The highest BCUT2D eigenvalue weighted by molar-refractivity contribution is 5.70. The fraction of sp³-hybridized carbons (Fsp3) is 0.600. The zero-order valence-corrected chi connectivity index (χ0v) is 14.0. The highest BCUT2D eigenvalue weighted by atomic mass is 16.6. The number of anilines is 1. The lowest BCUT2D eigenvalue weighted by atomic mass is 10.2. The van der Waals surface area contributed by atoms with E-state index in [1.165, 1.54) is 11.2 Å². The van der Waals surface area contributed by atoms with Gasteiger partial charge >= 0.3 is 6.09 Å². The fourth-order valence-corrected chi connectivity index (χ4v) is 1.69. The first-order chi connectivity index (χ1) is 10.1. The van der Waals surface area contributed by atoms with Crippen LogP contribution in [0, 0.1) is 17.2 Å². The lowest BCUT2D eigenvalue weighted by molar-refractivity contribution is 0.0271. The minimum absolute atomic E-state index is 0.0591. The van der Waals surface area contributed by atoms with Crippen molar-refractivity contribution in [1.29, 1.82) is 5.26 Å². The van der Waals surface area contributed by atoms with Crippen LogP contribution in [0.5, 0.6) is 0 Å². The molecule has 1 heterocycles. The van der Waals surface area contributed by atoms with Crippen molar-refractivity contribution in [3.8, 4) is 6.07 Å². The van der Waals surface area contributed by atoms with Gasteiger partial charge in [0.05, 0.1) is 0 Å². The molecule has 7 heteroatoms. The lowest BCUT2D eigenvalue weighted by Gasteiger charge is -2.35. The summed E-state index contributed by atoms with van der Waals surface area (Å²) < 4.78 is 5.38.